The highest BCUT2D eigenvalue weighted by Crippen LogP contribution is 2.14. The predicted molar refractivity (Wildman–Crippen MR) is 93.2 cm³/mol. The van der Waals surface area contributed by atoms with Gasteiger partial charge in [-0.1, -0.05) is 30.6 Å². The summed E-state index contributed by atoms with van der Waals surface area (Å²) in [6, 6.07) is 8.05. The molecule has 0 saturated carbocycles. The maximum atomic E-state index is 12.0. The fraction of sp³-hybridized carbons (Fsp3) is 0.474. The number of carbonyl (C=O) groups is 1. The lowest BCUT2D eigenvalue weighted by Gasteiger charge is -2.08. The van der Waals surface area contributed by atoms with Crippen molar-refractivity contribution in [3.05, 3.63) is 46.8 Å². The Hall–Kier alpha value is -2.30. The minimum atomic E-state index is -0.0103. The summed E-state index contributed by atoms with van der Waals surface area (Å²) in [6.45, 7) is 7.19. The lowest BCUT2D eigenvalue weighted by molar-refractivity contribution is -0.120. The van der Waals surface area contributed by atoms with Gasteiger partial charge < -0.3 is 14.6 Å². The monoisotopic (exact) mass is 330 g/mol. The normalized spacial score (nSPS) is 10.6. The number of unbranched alkanes of at least 4 members (excludes halogenated alkanes) is 1. The molecule has 2 rings (SSSR count). The van der Waals surface area contributed by atoms with E-state index in [0.29, 0.717) is 18.7 Å². The molecule has 0 unspecified atom stereocenters. The van der Waals surface area contributed by atoms with Gasteiger partial charge >= 0.3 is 0 Å². The number of benzene rings is 1. The minimum Gasteiger partial charge on any atom is -0.494 e. The van der Waals surface area contributed by atoms with Gasteiger partial charge in [0.2, 0.25) is 5.91 Å². The quantitative estimate of drug-likeness (QED) is 0.716. The lowest BCUT2D eigenvalue weighted by atomic mass is 10.1. The standard InChI is InChI=1S/C19H26N2O3/c1-4-5-12-23-17-8-6-16(7-9-17)10-11-20-19(22)13-18-14(2)21-24-15(18)3/h6-9H,4-5,10-13H2,1-3H3,(H,20,22). The third-order valence-corrected chi connectivity index (χ3v) is 3.94. The number of nitrogens with zero attached hydrogens (tertiary/aromatic N) is 1. The second-order valence-electron chi connectivity index (χ2n) is 5.93. The van der Waals surface area contributed by atoms with E-state index in [1.807, 2.05) is 38.1 Å². The van der Waals surface area contributed by atoms with Crippen molar-refractivity contribution in [3.63, 3.8) is 0 Å². The van der Waals surface area contributed by atoms with Crippen LogP contribution in [0.1, 0.15) is 42.3 Å². The number of amides is 1. The molecule has 5 nitrogen and oxygen atoms in total. The molecule has 0 aliphatic carbocycles. The zero-order valence-electron chi connectivity index (χ0n) is 14.7. The summed E-state index contributed by atoms with van der Waals surface area (Å²) in [5.41, 5.74) is 2.83. The molecule has 0 aliphatic heterocycles. The molecular weight excluding hydrogens is 304 g/mol. The Bertz CT molecular complexity index is 628. The SMILES string of the molecule is CCCCOc1ccc(CCNC(=O)Cc2c(C)noc2C)cc1. The van der Waals surface area contributed by atoms with Crippen molar-refractivity contribution >= 4 is 5.91 Å². The van der Waals surface area contributed by atoms with Crippen LogP contribution in [0.25, 0.3) is 0 Å². The first kappa shape index (κ1) is 18.0. The third-order valence-electron chi connectivity index (χ3n) is 3.94. The number of rotatable bonds is 9. The van der Waals surface area contributed by atoms with Crippen molar-refractivity contribution in [1.82, 2.24) is 10.5 Å². The molecule has 2 aromatic rings. The van der Waals surface area contributed by atoms with Crippen LogP contribution in [0.2, 0.25) is 0 Å². The number of hydrogen-bond donors (Lipinski definition) is 1. The summed E-state index contributed by atoms with van der Waals surface area (Å²) in [4.78, 5) is 12.0. The Morgan fingerprint density at radius 1 is 1.25 bits per heavy atom. The van der Waals surface area contributed by atoms with Crippen LogP contribution in [0.3, 0.4) is 0 Å². The van der Waals surface area contributed by atoms with Gasteiger partial charge in [-0.15, -0.1) is 0 Å². The fourth-order valence-corrected chi connectivity index (χ4v) is 2.41. The molecule has 1 aromatic carbocycles. The molecule has 0 saturated heterocycles. The van der Waals surface area contributed by atoms with E-state index < -0.39 is 0 Å². The smallest absolute Gasteiger partial charge is 0.224 e. The van der Waals surface area contributed by atoms with Crippen molar-refractivity contribution in [3.8, 4) is 5.75 Å². The van der Waals surface area contributed by atoms with Crippen LogP contribution in [0, 0.1) is 13.8 Å². The first-order valence-electron chi connectivity index (χ1n) is 8.50. The summed E-state index contributed by atoms with van der Waals surface area (Å²) in [7, 11) is 0. The summed E-state index contributed by atoms with van der Waals surface area (Å²) >= 11 is 0. The Kier molecular flexibility index (Phi) is 6.85. The largest absolute Gasteiger partial charge is 0.494 e. The average molecular weight is 330 g/mol. The van der Waals surface area contributed by atoms with Gasteiger partial charge in [-0.05, 0) is 44.4 Å². The molecule has 5 heteroatoms. The van der Waals surface area contributed by atoms with Gasteiger partial charge in [0.1, 0.15) is 11.5 Å². The van der Waals surface area contributed by atoms with Crippen LogP contribution in [0.15, 0.2) is 28.8 Å². The van der Waals surface area contributed by atoms with Gasteiger partial charge in [0.05, 0.1) is 18.7 Å². The van der Waals surface area contributed by atoms with Gasteiger partial charge in [-0.2, -0.15) is 0 Å². The van der Waals surface area contributed by atoms with Crippen LogP contribution >= 0.6 is 0 Å². The van der Waals surface area contributed by atoms with Crippen molar-refractivity contribution in [1.29, 1.82) is 0 Å². The molecule has 1 aromatic heterocycles. The minimum absolute atomic E-state index is 0.0103. The van der Waals surface area contributed by atoms with E-state index in [-0.39, 0.29) is 5.91 Å². The molecule has 0 aliphatic rings. The summed E-state index contributed by atoms with van der Waals surface area (Å²) in [5.74, 6) is 1.60. The Balaban J connectivity index is 1.72. The first-order chi connectivity index (χ1) is 11.6. The maximum Gasteiger partial charge on any atom is 0.224 e. The van der Waals surface area contributed by atoms with E-state index in [1.165, 1.54) is 5.56 Å². The van der Waals surface area contributed by atoms with Crippen molar-refractivity contribution in [2.45, 2.75) is 46.5 Å². The zero-order chi connectivity index (χ0) is 17.4. The van der Waals surface area contributed by atoms with Crippen LogP contribution < -0.4 is 10.1 Å². The molecule has 0 fully saturated rings. The van der Waals surface area contributed by atoms with Gasteiger partial charge in [0.25, 0.3) is 0 Å². The number of nitrogens with one attached hydrogen (secondary N) is 1. The molecular formula is C19H26N2O3. The van der Waals surface area contributed by atoms with Crippen LogP contribution in [0.5, 0.6) is 5.75 Å². The second kappa shape index (κ2) is 9.11. The summed E-state index contributed by atoms with van der Waals surface area (Å²) in [5, 5.41) is 6.81. The Morgan fingerprint density at radius 2 is 2.00 bits per heavy atom. The Labute approximate surface area is 143 Å². The van der Waals surface area contributed by atoms with Gasteiger partial charge in [0.15, 0.2) is 0 Å². The number of aryl methyl sites for hydroxylation is 2. The lowest BCUT2D eigenvalue weighted by Crippen LogP contribution is -2.27. The van der Waals surface area contributed by atoms with Crippen molar-refractivity contribution in [2.75, 3.05) is 13.2 Å². The molecule has 0 spiro atoms. The van der Waals surface area contributed by atoms with E-state index in [2.05, 4.69) is 17.4 Å². The maximum absolute atomic E-state index is 12.0. The Morgan fingerprint density at radius 3 is 2.62 bits per heavy atom. The van der Waals surface area contributed by atoms with Gasteiger partial charge in [0, 0.05) is 12.1 Å². The molecule has 1 amide bonds. The first-order valence-corrected chi connectivity index (χ1v) is 8.50. The van der Waals surface area contributed by atoms with Gasteiger partial charge in [-0.25, -0.2) is 0 Å². The third kappa shape index (κ3) is 5.41. The number of carbonyl (C=O) groups excluding carboxylic acids is 1. The molecule has 1 heterocycles. The zero-order valence-corrected chi connectivity index (χ0v) is 14.7. The summed E-state index contributed by atoms with van der Waals surface area (Å²) in [6.07, 6.45) is 3.30. The van der Waals surface area contributed by atoms with Crippen LogP contribution in [-0.4, -0.2) is 24.2 Å². The summed E-state index contributed by atoms with van der Waals surface area (Å²) < 4.78 is 10.7. The molecule has 0 radical (unpaired) electrons. The van der Waals surface area contributed by atoms with E-state index in [4.69, 9.17) is 9.26 Å². The highest BCUT2D eigenvalue weighted by Gasteiger charge is 2.12. The topological polar surface area (TPSA) is 64.4 Å². The molecule has 24 heavy (non-hydrogen) atoms. The second-order valence-corrected chi connectivity index (χ2v) is 5.93. The van der Waals surface area contributed by atoms with E-state index in [9.17, 15) is 4.79 Å². The highest BCUT2D eigenvalue weighted by atomic mass is 16.5. The van der Waals surface area contributed by atoms with Crippen molar-refractivity contribution < 1.29 is 14.1 Å². The fourth-order valence-electron chi connectivity index (χ4n) is 2.41. The number of ether oxygens (including phenoxy) is 1. The van der Waals surface area contributed by atoms with Crippen molar-refractivity contribution in [2.24, 2.45) is 0 Å². The van der Waals surface area contributed by atoms with Crippen LogP contribution in [0.4, 0.5) is 0 Å². The molecule has 0 atom stereocenters. The molecule has 130 valence electrons. The van der Waals surface area contributed by atoms with Crippen LogP contribution in [-0.2, 0) is 17.6 Å². The number of hydrogen-bond acceptors (Lipinski definition) is 4. The average Bonchev–Trinajstić information content (AvgIpc) is 2.88. The van der Waals surface area contributed by atoms with Gasteiger partial charge in [-0.3, -0.25) is 4.79 Å². The van der Waals surface area contributed by atoms with E-state index in [1.54, 1.807) is 0 Å². The molecule has 1 N–H and O–H groups in total. The van der Waals surface area contributed by atoms with E-state index in [0.717, 1.165) is 42.9 Å². The number of aromatic nitrogens is 1. The predicted octanol–water partition coefficient (Wildman–Crippen LogP) is 3.37. The van der Waals surface area contributed by atoms with E-state index >= 15 is 0 Å². The molecule has 0 bridgehead atoms. The highest BCUT2D eigenvalue weighted by molar-refractivity contribution is 5.78.